The van der Waals surface area contributed by atoms with Crippen LogP contribution in [0.5, 0.6) is 0 Å². The number of benzene rings is 1. The molecule has 2 heterocycles. The number of aromatic nitrogens is 2. The summed E-state index contributed by atoms with van der Waals surface area (Å²) in [6, 6.07) is 4.35. The minimum atomic E-state index is 0.305. The van der Waals surface area contributed by atoms with E-state index in [1.165, 1.54) is 23.1 Å². The first kappa shape index (κ1) is 13.6. The highest BCUT2D eigenvalue weighted by Gasteiger charge is 2.15. The predicted octanol–water partition coefficient (Wildman–Crippen LogP) is 2.85. The highest BCUT2D eigenvalue weighted by molar-refractivity contribution is 5.77. The monoisotopic (exact) mass is 274 g/mol. The van der Waals surface area contributed by atoms with Crippen molar-refractivity contribution < 1.29 is 9.47 Å². The molecule has 4 nitrogen and oxygen atoms in total. The quantitative estimate of drug-likeness (QED) is 0.787. The molecule has 0 N–H and O–H groups in total. The third-order valence-corrected chi connectivity index (χ3v) is 4.04. The van der Waals surface area contributed by atoms with Crippen molar-refractivity contribution in [3.63, 3.8) is 0 Å². The third kappa shape index (κ3) is 2.86. The van der Waals surface area contributed by atoms with Gasteiger partial charge in [-0.05, 0) is 49.9 Å². The maximum atomic E-state index is 5.72. The molecule has 108 valence electrons. The smallest absolute Gasteiger partial charge is 0.0959 e. The third-order valence-electron chi connectivity index (χ3n) is 4.04. The largest absolute Gasteiger partial charge is 0.377 e. The molecule has 4 heteroatoms. The second-order valence-corrected chi connectivity index (χ2v) is 5.57. The first-order valence-electron chi connectivity index (χ1n) is 7.35. The average molecular weight is 274 g/mol. The minimum absolute atomic E-state index is 0.305. The molecule has 2 aromatic rings. The zero-order chi connectivity index (χ0) is 13.9. The van der Waals surface area contributed by atoms with E-state index in [0.717, 1.165) is 25.1 Å². The molecule has 3 rings (SSSR count). The summed E-state index contributed by atoms with van der Waals surface area (Å²) in [7, 11) is 0. The lowest BCUT2D eigenvalue weighted by molar-refractivity contribution is 0.0151. The summed E-state index contributed by atoms with van der Waals surface area (Å²) in [5, 5.41) is 0. The number of aryl methyl sites for hydroxylation is 2. The Labute approximate surface area is 119 Å². The van der Waals surface area contributed by atoms with E-state index < -0.39 is 0 Å². The number of fused-ring (bicyclic) bond motifs is 1. The van der Waals surface area contributed by atoms with Crippen LogP contribution in [0.1, 0.15) is 24.0 Å². The first-order valence-corrected chi connectivity index (χ1v) is 7.35. The van der Waals surface area contributed by atoms with E-state index in [-0.39, 0.29) is 0 Å². The van der Waals surface area contributed by atoms with E-state index in [1.54, 1.807) is 0 Å². The maximum Gasteiger partial charge on any atom is 0.0959 e. The summed E-state index contributed by atoms with van der Waals surface area (Å²) < 4.78 is 13.4. The fourth-order valence-corrected chi connectivity index (χ4v) is 2.64. The summed E-state index contributed by atoms with van der Waals surface area (Å²) in [4.78, 5) is 4.46. The molecular formula is C16H22N2O2. The molecule has 0 bridgehead atoms. The van der Waals surface area contributed by atoms with Gasteiger partial charge in [0.15, 0.2) is 0 Å². The Balaban J connectivity index is 1.58. The first-order chi connectivity index (χ1) is 9.74. The molecule has 1 aromatic heterocycles. The van der Waals surface area contributed by atoms with Gasteiger partial charge >= 0.3 is 0 Å². The lowest BCUT2D eigenvalue weighted by Crippen LogP contribution is -2.16. The van der Waals surface area contributed by atoms with Crippen LogP contribution in [0.4, 0.5) is 0 Å². The number of hydrogen-bond donors (Lipinski definition) is 0. The Hall–Kier alpha value is -1.39. The van der Waals surface area contributed by atoms with Gasteiger partial charge in [0, 0.05) is 13.2 Å². The second kappa shape index (κ2) is 5.94. The van der Waals surface area contributed by atoms with Crippen LogP contribution in [0, 0.1) is 13.8 Å². The highest BCUT2D eigenvalue weighted by Crippen LogP contribution is 2.18. The van der Waals surface area contributed by atoms with Gasteiger partial charge in [-0.3, -0.25) is 0 Å². The van der Waals surface area contributed by atoms with Crippen LogP contribution in [-0.2, 0) is 16.0 Å². The van der Waals surface area contributed by atoms with Gasteiger partial charge < -0.3 is 14.0 Å². The van der Waals surface area contributed by atoms with Gasteiger partial charge in [-0.25, -0.2) is 4.98 Å². The number of rotatable bonds is 5. The Kier molecular flexibility index (Phi) is 4.03. The summed E-state index contributed by atoms with van der Waals surface area (Å²) in [6.07, 6.45) is 4.50. The summed E-state index contributed by atoms with van der Waals surface area (Å²) in [5.41, 5.74) is 4.85. The zero-order valence-corrected chi connectivity index (χ0v) is 12.3. The topological polar surface area (TPSA) is 36.3 Å². The predicted molar refractivity (Wildman–Crippen MR) is 79.0 cm³/mol. The van der Waals surface area contributed by atoms with Crippen molar-refractivity contribution in [1.29, 1.82) is 0 Å². The SMILES string of the molecule is Cc1cc2ncn(CCOC[C@@H]3CCCO3)c2cc1C. The molecule has 1 atom stereocenters. The van der Waals surface area contributed by atoms with E-state index in [4.69, 9.17) is 9.47 Å². The second-order valence-electron chi connectivity index (χ2n) is 5.57. The molecule has 0 amide bonds. The van der Waals surface area contributed by atoms with E-state index in [2.05, 4.69) is 35.5 Å². The van der Waals surface area contributed by atoms with Gasteiger partial charge in [-0.1, -0.05) is 0 Å². The molecule has 1 fully saturated rings. The van der Waals surface area contributed by atoms with Crippen molar-refractivity contribution in [3.05, 3.63) is 29.6 Å². The highest BCUT2D eigenvalue weighted by atomic mass is 16.5. The van der Waals surface area contributed by atoms with Gasteiger partial charge in [0.25, 0.3) is 0 Å². The number of hydrogen-bond acceptors (Lipinski definition) is 3. The Morgan fingerprint density at radius 2 is 2.20 bits per heavy atom. The lowest BCUT2D eigenvalue weighted by atomic mass is 10.1. The molecule has 1 saturated heterocycles. The molecule has 0 spiro atoms. The van der Waals surface area contributed by atoms with Gasteiger partial charge in [0.05, 0.1) is 36.7 Å². The van der Waals surface area contributed by atoms with Crippen LogP contribution in [0.25, 0.3) is 11.0 Å². The fraction of sp³-hybridized carbons (Fsp3) is 0.562. The van der Waals surface area contributed by atoms with Crippen molar-refractivity contribution in [3.8, 4) is 0 Å². The normalized spacial score (nSPS) is 19.0. The van der Waals surface area contributed by atoms with E-state index >= 15 is 0 Å². The van der Waals surface area contributed by atoms with Crippen LogP contribution < -0.4 is 0 Å². The van der Waals surface area contributed by atoms with E-state index in [1.807, 2.05) is 6.33 Å². The van der Waals surface area contributed by atoms with Gasteiger partial charge in [-0.15, -0.1) is 0 Å². The molecule has 20 heavy (non-hydrogen) atoms. The van der Waals surface area contributed by atoms with Crippen molar-refractivity contribution in [2.45, 2.75) is 39.3 Å². The molecule has 0 aliphatic carbocycles. The summed E-state index contributed by atoms with van der Waals surface area (Å²) in [5.74, 6) is 0. The van der Waals surface area contributed by atoms with Crippen LogP contribution in [0.2, 0.25) is 0 Å². The molecule has 0 unspecified atom stereocenters. The number of nitrogens with zero attached hydrogens (tertiary/aromatic N) is 2. The molecule has 1 aliphatic heterocycles. The fourth-order valence-electron chi connectivity index (χ4n) is 2.64. The van der Waals surface area contributed by atoms with Crippen LogP contribution in [-0.4, -0.2) is 35.5 Å². The van der Waals surface area contributed by atoms with Gasteiger partial charge in [-0.2, -0.15) is 0 Å². The number of ether oxygens (including phenoxy) is 2. The minimum Gasteiger partial charge on any atom is -0.377 e. The van der Waals surface area contributed by atoms with E-state index in [0.29, 0.717) is 19.3 Å². The lowest BCUT2D eigenvalue weighted by Gasteiger charge is -2.11. The number of imidazole rings is 1. The van der Waals surface area contributed by atoms with Crippen molar-refractivity contribution in [1.82, 2.24) is 9.55 Å². The van der Waals surface area contributed by atoms with Gasteiger partial charge in [0.2, 0.25) is 0 Å². The summed E-state index contributed by atoms with van der Waals surface area (Å²) >= 11 is 0. The van der Waals surface area contributed by atoms with Crippen molar-refractivity contribution in [2.75, 3.05) is 19.8 Å². The zero-order valence-electron chi connectivity index (χ0n) is 12.3. The standard InChI is InChI=1S/C16H22N2O2/c1-12-8-15-16(9-13(12)2)18(11-17-15)5-7-19-10-14-4-3-6-20-14/h8-9,11,14H,3-7,10H2,1-2H3/t14-/m0/s1. The molecule has 0 radical (unpaired) electrons. The van der Waals surface area contributed by atoms with Crippen molar-refractivity contribution >= 4 is 11.0 Å². The maximum absolute atomic E-state index is 5.72. The molecule has 1 aromatic carbocycles. The van der Waals surface area contributed by atoms with Crippen molar-refractivity contribution in [2.24, 2.45) is 0 Å². The Morgan fingerprint density at radius 3 is 3.00 bits per heavy atom. The van der Waals surface area contributed by atoms with Gasteiger partial charge in [0.1, 0.15) is 0 Å². The molecule has 0 saturated carbocycles. The molecular weight excluding hydrogens is 252 g/mol. The Morgan fingerprint density at radius 1 is 1.35 bits per heavy atom. The summed E-state index contributed by atoms with van der Waals surface area (Å²) in [6.45, 7) is 7.41. The average Bonchev–Trinajstić information content (AvgIpc) is 3.06. The van der Waals surface area contributed by atoms with Crippen LogP contribution in [0.15, 0.2) is 18.5 Å². The molecule has 1 aliphatic rings. The van der Waals surface area contributed by atoms with Crippen LogP contribution in [0.3, 0.4) is 0 Å². The van der Waals surface area contributed by atoms with Crippen LogP contribution >= 0.6 is 0 Å². The Bertz CT molecular complexity index is 585. The van der Waals surface area contributed by atoms with E-state index in [9.17, 15) is 0 Å².